The molecular formula is C29H29ClN2O3S. The van der Waals surface area contributed by atoms with Gasteiger partial charge in [-0.1, -0.05) is 29.8 Å². The molecule has 5 rings (SSSR count). The number of aryl methyl sites for hydroxylation is 2. The maximum atomic E-state index is 12.5. The number of hydrogen-bond acceptors (Lipinski definition) is 5. The van der Waals surface area contributed by atoms with Gasteiger partial charge in [0.1, 0.15) is 0 Å². The number of hydrogen-bond donors (Lipinski definition) is 1. The fourth-order valence-electron chi connectivity index (χ4n) is 5.00. The van der Waals surface area contributed by atoms with Gasteiger partial charge in [-0.3, -0.25) is 4.98 Å². The molecule has 2 heterocycles. The molecule has 0 saturated carbocycles. The Kier molecular flexibility index (Phi) is 6.62. The van der Waals surface area contributed by atoms with Crippen LogP contribution in [0.1, 0.15) is 66.6 Å². The molecule has 0 radical (unpaired) electrons. The van der Waals surface area contributed by atoms with Crippen molar-refractivity contribution in [2.24, 2.45) is 0 Å². The normalized spacial score (nSPS) is 16.6. The number of nitrogens with zero attached hydrogens (tertiary/aromatic N) is 2. The Balaban J connectivity index is 1.69. The highest BCUT2D eigenvalue weighted by atomic mass is 35.5. The summed E-state index contributed by atoms with van der Waals surface area (Å²) in [6, 6.07) is 13.7. The molecule has 2 aromatic carbocycles. The van der Waals surface area contributed by atoms with Crippen LogP contribution in [-0.4, -0.2) is 26.6 Å². The van der Waals surface area contributed by atoms with E-state index in [0.29, 0.717) is 16.5 Å². The summed E-state index contributed by atoms with van der Waals surface area (Å²) >= 11 is 7.86. The van der Waals surface area contributed by atoms with Gasteiger partial charge in [-0.25, -0.2) is 9.78 Å². The van der Waals surface area contributed by atoms with Crippen molar-refractivity contribution in [2.45, 2.75) is 64.6 Å². The van der Waals surface area contributed by atoms with Gasteiger partial charge in [0.05, 0.1) is 20.8 Å². The van der Waals surface area contributed by atoms with Crippen LogP contribution >= 0.6 is 22.9 Å². The molecule has 0 aliphatic heterocycles. The zero-order valence-corrected chi connectivity index (χ0v) is 22.4. The number of carbonyl (C=O) groups is 1. The number of rotatable bonds is 5. The molecule has 5 nitrogen and oxygen atoms in total. The summed E-state index contributed by atoms with van der Waals surface area (Å²) in [5, 5.41) is 11.9. The number of carboxylic acids is 1. The van der Waals surface area contributed by atoms with Crippen molar-refractivity contribution in [3.05, 3.63) is 81.1 Å². The SMILES string of the molecule is Cc1cc2nc(C3CCc4ncccc4C3)sc2c(-c2ccc(Cl)cc2)c1[C@H](OC(C)(C)C)C(=O)O. The third kappa shape index (κ3) is 4.90. The minimum absolute atomic E-state index is 0.307. The number of halogens is 1. The zero-order valence-electron chi connectivity index (χ0n) is 20.8. The van der Waals surface area contributed by atoms with E-state index >= 15 is 0 Å². The first-order valence-electron chi connectivity index (χ1n) is 12.1. The van der Waals surface area contributed by atoms with E-state index in [4.69, 9.17) is 21.3 Å². The van der Waals surface area contributed by atoms with Gasteiger partial charge in [0, 0.05) is 34.0 Å². The van der Waals surface area contributed by atoms with Crippen LogP contribution in [0.2, 0.25) is 5.02 Å². The number of benzene rings is 2. The summed E-state index contributed by atoms with van der Waals surface area (Å²) in [5.74, 6) is -0.703. The van der Waals surface area contributed by atoms with Crippen LogP contribution in [0.15, 0.2) is 48.7 Å². The van der Waals surface area contributed by atoms with Gasteiger partial charge in [0.2, 0.25) is 0 Å². The highest BCUT2D eigenvalue weighted by Crippen LogP contribution is 2.45. The quantitative estimate of drug-likeness (QED) is 0.294. The Hall–Kier alpha value is -2.80. The van der Waals surface area contributed by atoms with E-state index in [2.05, 4.69) is 11.1 Å². The number of thiazole rings is 1. The van der Waals surface area contributed by atoms with E-state index in [1.807, 2.05) is 70.3 Å². The van der Waals surface area contributed by atoms with Gasteiger partial charge in [0.15, 0.2) is 6.10 Å². The van der Waals surface area contributed by atoms with Crippen molar-refractivity contribution < 1.29 is 14.6 Å². The predicted molar refractivity (Wildman–Crippen MR) is 145 cm³/mol. The van der Waals surface area contributed by atoms with Gasteiger partial charge in [-0.05, 0) is 87.9 Å². The Morgan fingerprint density at radius 1 is 1.22 bits per heavy atom. The summed E-state index contributed by atoms with van der Waals surface area (Å²) in [6.07, 6.45) is 3.59. The minimum Gasteiger partial charge on any atom is -0.479 e. The largest absolute Gasteiger partial charge is 0.479 e. The fraction of sp³-hybridized carbons (Fsp3) is 0.345. The molecule has 0 bridgehead atoms. The molecule has 2 aromatic heterocycles. The van der Waals surface area contributed by atoms with E-state index in [1.165, 1.54) is 11.3 Å². The molecule has 0 saturated heterocycles. The maximum absolute atomic E-state index is 12.5. The van der Waals surface area contributed by atoms with E-state index in [-0.39, 0.29) is 0 Å². The van der Waals surface area contributed by atoms with Crippen molar-refractivity contribution in [3.8, 4) is 11.1 Å². The summed E-state index contributed by atoms with van der Waals surface area (Å²) in [5.41, 5.74) is 5.99. The Labute approximate surface area is 220 Å². The molecule has 2 atom stereocenters. The molecule has 0 fully saturated rings. The Bertz CT molecular complexity index is 1440. The fourth-order valence-corrected chi connectivity index (χ4v) is 6.39. The molecule has 0 amide bonds. The molecule has 1 unspecified atom stereocenters. The van der Waals surface area contributed by atoms with Crippen LogP contribution < -0.4 is 0 Å². The number of ether oxygens (including phenoxy) is 1. The smallest absolute Gasteiger partial charge is 0.337 e. The first-order valence-corrected chi connectivity index (χ1v) is 13.3. The number of aliphatic carboxylic acids is 1. The van der Waals surface area contributed by atoms with Crippen molar-refractivity contribution in [2.75, 3.05) is 0 Å². The second-order valence-electron chi connectivity index (χ2n) is 10.4. The van der Waals surface area contributed by atoms with Crippen molar-refractivity contribution in [1.82, 2.24) is 9.97 Å². The summed E-state index contributed by atoms with van der Waals surface area (Å²) in [4.78, 5) is 22.1. The summed E-state index contributed by atoms with van der Waals surface area (Å²) in [6.45, 7) is 7.57. The van der Waals surface area contributed by atoms with Crippen LogP contribution in [0.25, 0.3) is 21.3 Å². The number of carboxylic acid groups (broad SMARTS) is 1. The molecule has 1 N–H and O–H groups in total. The minimum atomic E-state index is -1.11. The average Bonchev–Trinajstić information content (AvgIpc) is 3.25. The molecule has 36 heavy (non-hydrogen) atoms. The van der Waals surface area contributed by atoms with Crippen LogP contribution in [0, 0.1) is 6.92 Å². The Morgan fingerprint density at radius 2 is 1.97 bits per heavy atom. The van der Waals surface area contributed by atoms with Crippen molar-refractivity contribution >= 4 is 39.1 Å². The van der Waals surface area contributed by atoms with Gasteiger partial charge < -0.3 is 9.84 Å². The average molecular weight is 521 g/mol. The lowest BCUT2D eigenvalue weighted by atomic mass is 9.87. The van der Waals surface area contributed by atoms with E-state index in [1.54, 1.807) is 11.3 Å². The van der Waals surface area contributed by atoms with Gasteiger partial charge in [-0.2, -0.15) is 0 Å². The topological polar surface area (TPSA) is 72.3 Å². The first kappa shape index (κ1) is 24.9. The summed E-state index contributed by atoms with van der Waals surface area (Å²) in [7, 11) is 0. The van der Waals surface area contributed by atoms with Crippen LogP contribution in [0.4, 0.5) is 0 Å². The second kappa shape index (κ2) is 9.58. The molecule has 186 valence electrons. The lowest BCUT2D eigenvalue weighted by Gasteiger charge is -2.28. The number of fused-ring (bicyclic) bond motifs is 2. The lowest BCUT2D eigenvalue weighted by molar-refractivity contribution is -0.160. The van der Waals surface area contributed by atoms with Crippen molar-refractivity contribution in [1.29, 1.82) is 0 Å². The summed E-state index contributed by atoms with van der Waals surface area (Å²) < 4.78 is 7.10. The first-order chi connectivity index (χ1) is 17.1. The standard InChI is InChI=1S/C29H29ClN2O3S/c1-16-14-22-26(36-27(32-22)19-9-12-21-18(15-19)6-5-13-31-21)24(17-7-10-20(30)11-8-17)23(16)25(28(33)34)35-29(2,3)4/h5-8,10-11,13-14,19,25H,9,12,15H2,1-4H3,(H,33,34)/t19?,25-/m0/s1. The van der Waals surface area contributed by atoms with Gasteiger partial charge >= 0.3 is 5.97 Å². The number of aromatic nitrogens is 2. The molecule has 7 heteroatoms. The van der Waals surface area contributed by atoms with Gasteiger partial charge in [-0.15, -0.1) is 11.3 Å². The zero-order chi connectivity index (χ0) is 25.6. The van der Waals surface area contributed by atoms with Gasteiger partial charge in [0.25, 0.3) is 0 Å². The third-order valence-electron chi connectivity index (χ3n) is 6.56. The molecule has 1 aliphatic rings. The monoisotopic (exact) mass is 520 g/mol. The molecule has 4 aromatic rings. The lowest BCUT2D eigenvalue weighted by Crippen LogP contribution is -2.28. The highest BCUT2D eigenvalue weighted by Gasteiger charge is 2.33. The van der Waals surface area contributed by atoms with Crippen LogP contribution in [-0.2, 0) is 22.4 Å². The van der Waals surface area contributed by atoms with Crippen LogP contribution in [0.5, 0.6) is 0 Å². The third-order valence-corrected chi connectivity index (χ3v) is 8.07. The molecule has 0 spiro atoms. The second-order valence-corrected chi connectivity index (χ2v) is 11.9. The molecular weight excluding hydrogens is 492 g/mol. The predicted octanol–water partition coefficient (Wildman–Crippen LogP) is 7.53. The van der Waals surface area contributed by atoms with E-state index < -0.39 is 17.7 Å². The van der Waals surface area contributed by atoms with E-state index in [0.717, 1.165) is 51.2 Å². The van der Waals surface area contributed by atoms with E-state index in [9.17, 15) is 9.90 Å². The Morgan fingerprint density at radius 3 is 2.67 bits per heavy atom. The highest BCUT2D eigenvalue weighted by molar-refractivity contribution is 7.19. The molecule has 1 aliphatic carbocycles. The number of pyridine rings is 1. The van der Waals surface area contributed by atoms with Crippen molar-refractivity contribution in [3.63, 3.8) is 0 Å². The van der Waals surface area contributed by atoms with Crippen LogP contribution in [0.3, 0.4) is 0 Å². The maximum Gasteiger partial charge on any atom is 0.337 e.